The lowest BCUT2D eigenvalue weighted by Crippen LogP contribution is -2.43. The van der Waals surface area contributed by atoms with Crippen LogP contribution in [-0.4, -0.2) is 42.5 Å². The summed E-state index contributed by atoms with van der Waals surface area (Å²) in [6.45, 7) is 7.11. The molecule has 0 atom stereocenters. The van der Waals surface area contributed by atoms with Gasteiger partial charge in [-0.1, -0.05) is 37.3 Å². The van der Waals surface area contributed by atoms with Gasteiger partial charge in [-0.05, 0) is 51.5 Å². The summed E-state index contributed by atoms with van der Waals surface area (Å²) in [5, 5.41) is 0. The minimum absolute atomic E-state index is 0.803. The maximum absolute atomic E-state index is 2.59. The first kappa shape index (κ1) is 13.6. The summed E-state index contributed by atoms with van der Waals surface area (Å²) in [5.74, 6) is 0. The van der Waals surface area contributed by atoms with E-state index in [1.807, 2.05) is 0 Å². The molecule has 0 aromatic heterocycles. The summed E-state index contributed by atoms with van der Waals surface area (Å²) in [7, 11) is 2.28. The molecule has 0 spiro atoms. The van der Waals surface area contributed by atoms with Gasteiger partial charge < -0.3 is 4.90 Å². The number of piperidine rings is 1. The molecule has 0 radical (unpaired) electrons. The first-order valence-electron chi connectivity index (χ1n) is 7.26. The molecule has 1 saturated heterocycles. The summed E-state index contributed by atoms with van der Waals surface area (Å²) >= 11 is 0. The summed E-state index contributed by atoms with van der Waals surface area (Å²) in [6.07, 6.45) is 3.91. The van der Waals surface area contributed by atoms with Crippen molar-refractivity contribution in [3.63, 3.8) is 0 Å². The average Bonchev–Trinajstić information content (AvgIpc) is 2.41. The van der Waals surface area contributed by atoms with Gasteiger partial charge in [-0.15, -0.1) is 0 Å². The molecule has 1 heterocycles. The van der Waals surface area contributed by atoms with Crippen LogP contribution >= 0.6 is 0 Å². The minimum Gasteiger partial charge on any atom is -0.303 e. The van der Waals surface area contributed by atoms with Gasteiger partial charge in [0.2, 0.25) is 0 Å². The molecule has 0 N–H and O–H groups in total. The van der Waals surface area contributed by atoms with Crippen LogP contribution in [-0.2, 0) is 6.54 Å². The van der Waals surface area contributed by atoms with Gasteiger partial charge in [0.05, 0.1) is 0 Å². The third-order valence-corrected chi connectivity index (χ3v) is 4.01. The van der Waals surface area contributed by atoms with Crippen molar-refractivity contribution in [3.05, 3.63) is 35.9 Å². The predicted octanol–water partition coefficient (Wildman–Crippen LogP) is 2.99. The summed E-state index contributed by atoms with van der Waals surface area (Å²) < 4.78 is 0. The molecule has 0 amide bonds. The Bertz CT molecular complexity index is 328. The van der Waals surface area contributed by atoms with E-state index < -0.39 is 0 Å². The van der Waals surface area contributed by atoms with Gasteiger partial charge in [0, 0.05) is 12.6 Å². The SMILES string of the molecule is CCCN(C)C1CCN(Cc2ccccc2)CC1. The molecule has 2 rings (SSSR count). The molecule has 2 nitrogen and oxygen atoms in total. The Hall–Kier alpha value is -0.860. The molecule has 0 saturated carbocycles. The van der Waals surface area contributed by atoms with Crippen LogP contribution in [0.2, 0.25) is 0 Å². The monoisotopic (exact) mass is 246 g/mol. The highest BCUT2D eigenvalue weighted by molar-refractivity contribution is 5.14. The van der Waals surface area contributed by atoms with Crippen LogP contribution in [0.1, 0.15) is 31.7 Å². The van der Waals surface area contributed by atoms with E-state index in [2.05, 4.69) is 54.1 Å². The van der Waals surface area contributed by atoms with Crippen molar-refractivity contribution in [2.45, 2.75) is 38.8 Å². The topological polar surface area (TPSA) is 6.48 Å². The van der Waals surface area contributed by atoms with E-state index in [1.54, 1.807) is 0 Å². The van der Waals surface area contributed by atoms with E-state index in [-0.39, 0.29) is 0 Å². The van der Waals surface area contributed by atoms with Gasteiger partial charge in [0.1, 0.15) is 0 Å². The number of hydrogen-bond donors (Lipinski definition) is 0. The van der Waals surface area contributed by atoms with Gasteiger partial charge in [-0.25, -0.2) is 0 Å². The molecular formula is C16H26N2. The lowest BCUT2D eigenvalue weighted by molar-refractivity contribution is 0.123. The average molecular weight is 246 g/mol. The van der Waals surface area contributed by atoms with Crippen LogP contribution in [0.3, 0.4) is 0 Å². The van der Waals surface area contributed by atoms with E-state index in [1.165, 1.54) is 44.5 Å². The van der Waals surface area contributed by atoms with Gasteiger partial charge in [0.15, 0.2) is 0 Å². The molecule has 1 fully saturated rings. The number of rotatable bonds is 5. The van der Waals surface area contributed by atoms with Crippen molar-refractivity contribution in [3.8, 4) is 0 Å². The second-order valence-corrected chi connectivity index (χ2v) is 5.47. The smallest absolute Gasteiger partial charge is 0.0233 e. The Kier molecular flexibility index (Phi) is 5.21. The molecule has 0 unspecified atom stereocenters. The molecule has 2 heteroatoms. The second-order valence-electron chi connectivity index (χ2n) is 5.47. The molecule has 0 aliphatic carbocycles. The first-order chi connectivity index (χ1) is 8.79. The fraction of sp³-hybridized carbons (Fsp3) is 0.625. The standard InChI is InChI=1S/C16H26N2/c1-3-11-17(2)16-9-12-18(13-10-16)14-15-7-5-4-6-8-15/h4-8,16H,3,9-14H2,1-2H3. The zero-order valence-corrected chi connectivity index (χ0v) is 11.8. The molecular weight excluding hydrogens is 220 g/mol. The molecule has 0 bridgehead atoms. The first-order valence-corrected chi connectivity index (χ1v) is 7.26. The van der Waals surface area contributed by atoms with Crippen LogP contribution in [0.4, 0.5) is 0 Å². The third kappa shape index (κ3) is 3.82. The highest BCUT2D eigenvalue weighted by atomic mass is 15.2. The van der Waals surface area contributed by atoms with Crippen molar-refractivity contribution in [2.24, 2.45) is 0 Å². The van der Waals surface area contributed by atoms with Gasteiger partial charge in [-0.3, -0.25) is 4.90 Å². The zero-order chi connectivity index (χ0) is 12.8. The second kappa shape index (κ2) is 6.91. The molecule has 1 aromatic rings. The zero-order valence-electron chi connectivity index (χ0n) is 11.8. The minimum atomic E-state index is 0.803. The molecule has 100 valence electrons. The van der Waals surface area contributed by atoms with Crippen molar-refractivity contribution in [2.75, 3.05) is 26.7 Å². The fourth-order valence-corrected chi connectivity index (χ4v) is 2.90. The maximum atomic E-state index is 2.59. The van der Waals surface area contributed by atoms with E-state index >= 15 is 0 Å². The van der Waals surface area contributed by atoms with E-state index in [0.29, 0.717) is 0 Å². The number of likely N-dealkylation sites (tertiary alicyclic amines) is 1. The predicted molar refractivity (Wildman–Crippen MR) is 77.7 cm³/mol. The quantitative estimate of drug-likeness (QED) is 0.788. The lowest BCUT2D eigenvalue weighted by Gasteiger charge is -2.36. The van der Waals surface area contributed by atoms with Gasteiger partial charge in [-0.2, -0.15) is 0 Å². The highest BCUT2D eigenvalue weighted by Gasteiger charge is 2.21. The van der Waals surface area contributed by atoms with Crippen LogP contribution in [0.15, 0.2) is 30.3 Å². The Balaban J connectivity index is 1.77. The Morgan fingerprint density at radius 3 is 2.44 bits per heavy atom. The summed E-state index contributed by atoms with van der Waals surface area (Å²) in [6, 6.07) is 11.6. The Labute approximate surface area is 112 Å². The Morgan fingerprint density at radius 2 is 1.83 bits per heavy atom. The number of hydrogen-bond acceptors (Lipinski definition) is 2. The highest BCUT2D eigenvalue weighted by Crippen LogP contribution is 2.17. The molecule has 1 aliphatic heterocycles. The normalized spacial score (nSPS) is 18.4. The van der Waals surface area contributed by atoms with Crippen molar-refractivity contribution in [1.29, 1.82) is 0 Å². The van der Waals surface area contributed by atoms with Crippen molar-refractivity contribution in [1.82, 2.24) is 9.80 Å². The number of benzene rings is 1. The fourth-order valence-electron chi connectivity index (χ4n) is 2.90. The van der Waals surface area contributed by atoms with Crippen LogP contribution in [0, 0.1) is 0 Å². The summed E-state index contributed by atoms with van der Waals surface area (Å²) in [4.78, 5) is 5.13. The summed E-state index contributed by atoms with van der Waals surface area (Å²) in [5.41, 5.74) is 1.44. The largest absolute Gasteiger partial charge is 0.303 e. The van der Waals surface area contributed by atoms with Crippen LogP contribution in [0.25, 0.3) is 0 Å². The lowest BCUT2D eigenvalue weighted by atomic mass is 10.0. The number of nitrogens with zero attached hydrogens (tertiary/aromatic N) is 2. The van der Waals surface area contributed by atoms with Crippen molar-refractivity contribution >= 4 is 0 Å². The third-order valence-electron chi connectivity index (χ3n) is 4.01. The molecule has 1 aliphatic rings. The van der Waals surface area contributed by atoms with E-state index in [9.17, 15) is 0 Å². The van der Waals surface area contributed by atoms with Gasteiger partial charge in [0.25, 0.3) is 0 Å². The molecule has 18 heavy (non-hydrogen) atoms. The van der Waals surface area contributed by atoms with Crippen LogP contribution in [0.5, 0.6) is 0 Å². The van der Waals surface area contributed by atoms with E-state index in [0.717, 1.165) is 12.6 Å². The maximum Gasteiger partial charge on any atom is 0.0233 e. The molecule has 1 aromatic carbocycles. The van der Waals surface area contributed by atoms with Gasteiger partial charge >= 0.3 is 0 Å². The van der Waals surface area contributed by atoms with Crippen molar-refractivity contribution < 1.29 is 0 Å². The van der Waals surface area contributed by atoms with E-state index in [4.69, 9.17) is 0 Å². The van der Waals surface area contributed by atoms with Crippen LogP contribution < -0.4 is 0 Å². The Morgan fingerprint density at radius 1 is 1.17 bits per heavy atom.